The molecular formula is C27H28N2O4S. The Morgan fingerprint density at radius 3 is 2.65 bits per heavy atom. The van der Waals surface area contributed by atoms with Gasteiger partial charge in [-0.25, -0.2) is 9.78 Å². The molecule has 2 heterocycles. The number of carbonyl (C=O) groups excluding carboxylic acids is 1. The number of esters is 1. The predicted octanol–water partition coefficient (Wildman–Crippen LogP) is 5.33. The van der Waals surface area contributed by atoms with Gasteiger partial charge in [-0.05, 0) is 55.5 Å². The lowest BCUT2D eigenvalue weighted by Crippen LogP contribution is -2.21. The molecule has 0 aliphatic carbocycles. The van der Waals surface area contributed by atoms with Crippen LogP contribution in [-0.2, 0) is 17.7 Å². The number of fused-ring (bicyclic) bond motifs is 1. The van der Waals surface area contributed by atoms with Crippen molar-refractivity contribution in [2.45, 2.75) is 39.7 Å². The summed E-state index contributed by atoms with van der Waals surface area (Å²) in [5, 5.41) is 0.499. The van der Waals surface area contributed by atoms with Gasteiger partial charge < -0.3 is 9.47 Å². The quantitative estimate of drug-likeness (QED) is 0.228. The van der Waals surface area contributed by atoms with E-state index in [1.165, 1.54) is 11.3 Å². The molecule has 0 fully saturated rings. The second-order valence-electron chi connectivity index (χ2n) is 8.22. The molecule has 34 heavy (non-hydrogen) atoms. The standard InChI is InChI=1S/C27H28N2O4S/c1-19-9-8-12-22(17-19)32-15-7-6-14-29-18-28-25-23(26(29)30)20(2)24(34-25)27(31)33-16-13-21-10-4-3-5-11-21/h3-5,8-12,17-18H,6-7,13-16H2,1-2H3. The van der Waals surface area contributed by atoms with E-state index in [1.807, 2.05) is 61.5 Å². The molecule has 2 aromatic carbocycles. The van der Waals surface area contributed by atoms with Crippen LogP contribution >= 0.6 is 11.3 Å². The van der Waals surface area contributed by atoms with Crippen LogP contribution in [0.5, 0.6) is 5.75 Å². The minimum atomic E-state index is -0.407. The van der Waals surface area contributed by atoms with Crippen LogP contribution in [-0.4, -0.2) is 28.7 Å². The van der Waals surface area contributed by atoms with Crippen LogP contribution in [0.25, 0.3) is 10.2 Å². The van der Waals surface area contributed by atoms with Crippen LogP contribution in [0.3, 0.4) is 0 Å². The fraction of sp³-hybridized carbons (Fsp3) is 0.296. The number of hydrogen-bond donors (Lipinski definition) is 0. The van der Waals surface area contributed by atoms with Gasteiger partial charge in [0, 0.05) is 13.0 Å². The topological polar surface area (TPSA) is 70.4 Å². The zero-order valence-electron chi connectivity index (χ0n) is 19.5. The number of hydrogen-bond acceptors (Lipinski definition) is 6. The Morgan fingerprint density at radius 1 is 1.03 bits per heavy atom. The molecule has 0 radical (unpaired) electrons. The Hall–Kier alpha value is -3.45. The maximum atomic E-state index is 13.1. The number of thiophene rings is 1. The molecule has 0 N–H and O–H groups in total. The van der Waals surface area contributed by atoms with E-state index < -0.39 is 5.97 Å². The van der Waals surface area contributed by atoms with Crippen molar-refractivity contribution >= 4 is 27.5 Å². The molecule has 4 aromatic rings. The first-order valence-corrected chi connectivity index (χ1v) is 12.2. The summed E-state index contributed by atoms with van der Waals surface area (Å²) in [5.41, 5.74) is 2.78. The van der Waals surface area contributed by atoms with Crippen LogP contribution in [0.4, 0.5) is 0 Å². The van der Waals surface area contributed by atoms with Crippen molar-refractivity contribution in [3.63, 3.8) is 0 Å². The predicted molar refractivity (Wildman–Crippen MR) is 135 cm³/mol. The van der Waals surface area contributed by atoms with Crippen molar-refractivity contribution in [1.29, 1.82) is 0 Å². The van der Waals surface area contributed by atoms with Crippen LogP contribution < -0.4 is 10.3 Å². The molecule has 4 rings (SSSR count). The molecule has 7 heteroatoms. The lowest BCUT2D eigenvalue weighted by molar-refractivity contribution is 0.0514. The first kappa shape index (κ1) is 23.7. The summed E-state index contributed by atoms with van der Waals surface area (Å²) >= 11 is 1.21. The second kappa shape index (κ2) is 11.1. The largest absolute Gasteiger partial charge is 0.494 e. The molecule has 0 aliphatic rings. The maximum Gasteiger partial charge on any atom is 0.348 e. The molecule has 0 bridgehead atoms. The van der Waals surface area contributed by atoms with Gasteiger partial charge in [-0.2, -0.15) is 0 Å². The normalized spacial score (nSPS) is 11.0. The number of aryl methyl sites for hydroxylation is 3. The van der Waals surface area contributed by atoms with Crippen LogP contribution in [0, 0.1) is 13.8 Å². The lowest BCUT2D eigenvalue weighted by Gasteiger charge is -2.08. The van der Waals surface area contributed by atoms with Crippen LogP contribution in [0.15, 0.2) is 65.7 Å². The van der Waals surface area contributed by atoms with E-state index in [4.69, 9.17) is 9.47 Å². The highest BCUT2D eigenvalue weighted by atomic mass is 32.1. The Morgan fingerprint density at radius 2 is 1.85 bits per heavy atom. The number of nitrogens with zero attached hydrogens (tertiary/aromatic N) is 2. The summed E-state index contributed by atoms with van der Waals surface area (Å²) in [6, 6.07) is 17.8. The summed E-state index contributed by atoms with van der Waals surface area (Å²) in [4.78, 5) is 31.1. The fourth-order valence-corrected chi connectivity index (χ4v) is 4.80. The van der Waals surface area contributed by atoms with Gasteiger partial charge in [0.05, 0.1) is 24.9 Å². The number of ether oxygens (including phenoxy) is 2. The SMILES string of the molecule is Cc1cccc(OCCCCn2cnc3sc(C(=O)OCCc4ccccc4)c(C)c3c2=O)c1. The van der Waals surface area contributed by atoms with Gasteiger partial charge in [-0.1, -0.05) is 42.5 Å². The minimum Gasteiger partial charge on any atom is -0.494 e. The van der Waals surface area contributed by atoms with Gasteiger partial charge >= 0.3 is 5.97 Å². The summed E-state index contributed by atoms with van der Waals surface area (Å²) < 4.78 is 12.9. The highest BCUT2D eigenvalue weighted by Gasteiger charge is 2.20. The van der Waals surface area contributed by atoms with Crippen LogP contribution in [0.2, 0.25) is 0 Å². The Balaban J connectivity index is 1.34. The molecule has 0 aliphatic heterocycles. The molecule has 2 aromatic heterocycles. The zero-order valence-corrected chi connectivity index (χ0v) is 20.3. The fourth-order valence-electron chi connectivity index (χ4n) is 3.76. The van der Waals surface area contributed by atoms with Crippen LogP contribution in [0.1, 0.15) is 39.2 Å². The second-order valence-corrected chi connectivity index (χ2v) is 9.22. The molecular weight excluding hydrogens is 448 g/mol. The lowest BCUT2D eigenvalue weighted by atomic mass is 10.2. The van der Waals surface area contributed by atoms with Crippen molar-refractivity contribution < 1.29 is 14.3 Å². The third-order valence-corrected chi connectivity index (χ3v) is 6.80. The van der Waals surface area contributed by atoms with E-state index in [2.05, 4.69) is 4.98 Å². The summed E-state index contributed by atoms with van der Waals surface area (Å²) in [6.07, 6.45) is 3.82. The van der Waals surface area contributed by atoms with Crippen molar-refractivity contribution in [2.75, 3.05) is 13.2 Å². The maximum absolute atomic E-state index is 13.1. The van der Waals surface area contributed by atoms with E-state index >= 15 is 0 Å². The first-order valence-electron chi connectivity index (χ1n) is 11.4. The monoisotopic (exact) mass is 476 g/mol. The van der Waals surface area contributed by atoms with E-state index in [9.17, 15) is 9.59 Å². The average molecular weight is 477 g/mol. The number of aromatic nitrogens is 2. The summed E-state index contributed by atoms with van der Waals surface area (Å²) in [5.74, 6) is 0.452. The van der Waals surface area contributed by atoms with E-state index in [0.29, 0.717) is 46.8 Å². The van der Waals surface area contributed by atoms with Gasteiger partial charge in [-0.3, -0.25) is 9.36 Å². The highest BCUT2D eigenvalue weighted by Crippen LogP contribution is 2.27. The first-order chi connectivity index (χ1) is 16.5. The molecule has 0 amide bonds. The Bertz CT molecular complexity index is 1330. The van der Waals surface area contributed by atoms with E-state index in [-0.39, 0.29) is 5.56 Å². The number of rotatable bonds is 10. The Kier molecular flexibility index (Phi) is 7.75. The minimum absolute atomic E-state index is 0.123. The molecule has 0 saturated heterocycles. The Labute approximate surface area is 202 Å². The van der Waals surface area contributed by atoms with Gasteiger partial charge in [0.1, 0.15) is 15.5 Å². The van der Waals surface area contributed by atoms with Gasteiger partial charge in [0.25, 0.3) is 5.56 Å². The number of carbonyl (C=O) groups is 1. The smallest absolute Gasteiger partial charge is 0.348 e. The van der Waals surface area contributed by atoms with Crippen molar-refractivity contribution in [3.8, 4) is 5.75 Å². The molecule has 0 saturated carbocycles. The van der Waals surface area contributed by atoms with E-state index in [0.717, 1.165) is 29.7 Å². The third kappa shape index (κ3) is 5.72. The molecule has 0 spiro atoms. The van der Waals surface area contributed by atoms with Crippen molar-refractivity contribution in [3.05, 3.63) is 92.8 Å². The van der Waals surface area contributed by atoms with E-state index in [1.54, 1.807) is 17.8 Å². The summed E-state index contributed by atoms with van der Waals surface area (Å²) in [6.45, 7) is 5.24. The third-order valence-electron chi connectivity index (χ3n) is 5.62. The average Bonchev–Trinajstić information content (AvgIpc) is 3.18. The van der Waals surface area contributed by atoms with Gasteiger partial charge in [0.15, 0.2) is 0 Å². The highest BCUT2D eigenvalue weighted by molar-refractivity contribution is 7.20. The van der Waals surface area contributed by atoms with Crippen molar-refractivity contribution in [1.82, 2.24) is 9.55 Å². The number of benzene rings is 2. The van der Waals surface area contributed by atoms with Gasteiger partial charge in [-0.15, -0.1) is 11.3 Å². The molecule has 0 atom stereocenters. The molecule has 6 nitrogen and oxygen atoms in total. The van der Waals surface area contributed by atoms with Gasteiger partial charge in [0.2, 0.25) is 0 Å². The zero-order chi connectivity index (χ0) is 23.9. The molecule has 176 valence electrons. The van der Waals surface area contributed by atoms with Crippen molar-refractivity contribution in [2.24, 2.45) is 0 Å². The molecule has 0 unspecified atom stereocenters. The number of unbranched alkanes of at least 4 members (excludes halogenated alkanes) is 1. The summed E-state index contributed by atoms with van der Waals surface area (Å²) in [7, 11) is 0.